The molecule has 0 aliphatic heterocycles. The Balaban J connectivity index is 3.07. The molecule has 0 unspecified atom stereocenters. The van der Waals surface area contributed by atoms with Crippen molar-refractivity contribution in [1.82, 2.24) is 0 Å². The standard InChI is InChI=1S/C20H38O4/c1-2-3-17-20(23)24-18-15-13-11-9-7-5-4-6-8-10-12-14-16-19(21)22/h2-18H2,1H3,(H,21,22). The molecule has 0 aromatic rings. The Morgan fingerprint density at radius 3 is 1.58 bits per heavy atom. The second kappa shape index (κ2) is 18.3. The summed E-state index contributed by atoms with van der Waals surface area (Å²) in [5.41, 5.74) is 0. The van der Waals surface area contributed by atoms with E-state index in [1.54, 1.807) is 0 Å². The highest BCUT2D eigenvalue weighted by molar-refractivity contribution is 5.69. The molecule has 0 aliphatic carbocycles. The second-order valence-corrected chi connectivity index (χ2v) is 6.71. The van der Waals surface area contributed by atoms with Crippen LogP contribution in [0.2, 0.25) is 0 Å². The largest absolute Gasteiger partial charge is 0.481 e. The Hall–Kier alpha value is -1.06. The summed E-state index contributed by atoms with van der Waals surface area (Å²) in [5.74, 6) is -0.718. The van der Waals surface area contributed by atoms with Gasteiger partial charge in [0, 0.05) is 12.8 Å². The van der Waals surface area contributed by atoms with Crippen LogP contribution in [-0.4, -0.2) is 23.7 Å². The zero-order valence-electron chi connectivity index (χ0n) is 15.7. The number of rotatable bonds is 18. The van der Waals surface area contributed by atoms with Crippen LogP contribution in [0, 0.1) is 0 Å². The van der Waals surface area contributed by atoms with Crippen molar-refractivity contribution >= 4 is 11.9 Å². The molecular weight excluding hydrogens is 304 g/mol. The predicted octanol–water partition coefficient (Wildman–Crippen LogP) is 5.88. The molecule has 0 saturated carbocycles. The summed E-state index contributed by atoms with van der Waals surface area (Å²) in [6.45, 7) is 2.67. The van der Waals surface area contributed by atoms with Gasteiger partial charge in [-0.1, -0.05) is 77.6 Å². The van der Waals surface area contributed by atoms with E-state index in [-0.39, 0.29) is 5.97 Å². The quantitative estimate of drug-likeness (QED) is 0.250. The first-order valence-electron chi connectivity index (χ1n) is 10.0. The lowest BCUT2D eigenvalue weighted by Gasteiger charge is -2.05. The normalized spacial score (nSPS) is 10.7. The Morgan fingerprint density at radius 2 is 1.12 bits per heavy atom. The van der Waals surface area contributed by atoms with Crippen LogP contribution < -0.4 is 0 Å². The highest BCUT2D eigenvalue weighted by Crippen LogP contribution is 2.12. The molecule has 0 saturated heterocycles. The summed E-state index contributed by atoms with van der Waals surface area (Å²) in [6.07, 6.45) is 17.0. The molecule has 0 amide bonds. The minimum atomic E-state index is -0.676. The third-order valence-corrected chi connectivity index (χ3v) is 4.28. The summed E-state index contributed by atoms with van der Waals surface area (Å²) in [5, 5.41) is 8.54. The fourth-order valence-corrected chi connectivity index (χ4v) is 2.73. The minimum Gasteiger partial charge on any atom is -0.481 e. The number of hydrogen-bond donors (Lipinski definition) is 1. The summed E-state index contributed by atoms with van der Waals surface area (Å²) in [7, 11) is 0. The number of carboxylic acid groups (broad SMARTS) is 1. The van der Waals surface area contributed by atoms with Crippen molar-refractivity contribution in [3.05, 3.63) is 0 Å². The van der Waals surface area contributed by atoms with Gasteiger partial charge < -0.3 is 9.84 Å². The van der Waals surface area contributed by atoms with Crippen molar-refractivity contribution in [3.8, 4) is 0 Å². The van der Waals surface area contributed by atoms with E-state index in [1.807, 2.05) is 0 Å². The molecule has 0 fully saturated rings. The van der Waals surface area contributed by atoms with Gasteiger partial charge in [-0.05, 0) is 19.3 Å². The first kappa shape index (κ1) is 22.9. The molecule has 0 rings (SSSR count). The molecule has 142 valence electrons. The molecule has 0 heterocycles. The Kier molecular flexibility index (Phi) is 17.5. The second-order valence-electron chi connectivity index (χ2n) is 6.71. The molecule has 4 heteroatoms. The van der Waals surface area contributed by atoms with Crippen molar-refractivity contribution in [3.63, 3.8) is 0 Å². The third-order valence-electron chi connectivity index (χ3n) is 4.28. The number of carboxylic acids is 1. The molecule has 0 aromatic carbocycles. The lowest BCUT2D eigenvalue weighted by atomic mass is 10.0. The zero-order chi connectivity index (χ0) is 17.9. The van der Waals surface area contributed by atoms with Crippen LogP contribution in [0.15, 0.2) is 0 Å². The van der Waals surface area contributed by atoms with Crippen molar-refractivity contribution in [2.24, 2.45) is 0 Å². The first-order valence-corrected chi connectivity index (χ1v) is 10.0. The molecule has 24 heavy (non-hydrogen) atoms. The minimum absolute atomic E-state index is 0.0418. The molecule has 4 nitrogen and oxygen atoms in total. The van der Waals surface area contributed by atoms with Gasteiger partial charge in [0.25, 0.3) is 0 Å². The van der Waals surface area contributed by atoms with E-state index in [0.717, 1.165) is 38.5 Å². The molecule has 0 atom stereocenters. The van der Waals surface area contributed by atoms with Crippen molar-refractivity contribution in [1.29, 1.82) is 0 Å². The fraction of sp³-hybridized carbons (Fsp3) is 0.900. The maximum absolute atomic E-state index is 11.3. The van der Waals surface area contributed by atoms with Gasteiger partial charge >= 0.3 is 11.9 Å². The number of carbonyl (C=O) groups excluding carboxylic acids is 1. The SMILES string of the molecule is CCCCC(=O)OCCCCCCCCCCCCCCC(=O)O. The smallest absolute Gasteiger partial charge is 0.305 e. The first-order chi connectivity index (χ1) is 11.7. The average Bonchev–Trinajstić information content (AvgIpc) is 2.56. The fourth-order valence-electron chi connectivity index (χ4n) is 2.73. The van der Waals surface area contributed by atoms with E-state index in [2.05, 4.69) is 6.92 Å². The van der Waals surface area contributed by atoms with Gasteiger partial charge in [-0.3, -0.25) is 9.59 Å². The van der Waals surface area contributed by atoms with E-state index in [0.29, 0.717) is 19.4 Å². The van der Waals surface area contributed by atoms with E-state index in [9.17, 15) is 9.59 Å². The van der Waals surface area contributed by atoms with Gasteiger partial charge in [-0.15, -0.1) is 0 Å². The molecule has 0 aromatic heterocycles. The topological polar surface area (TPSA) is 63.6 Å². The number of unbranched alkanes of at least 4 members (excludes halogenated alkanes) is 12. The maximum Gasteiger partial charge on any atom is 0.305 e. The Labute approximate surface area is 148 Å². The van der Waals surface area contributed by atoms with E-state index in [4.69, 9.17) is 9.84 Å². The van der Waals surface area contributed by atoms with Crippen LogP contribution in [0.4, 0.5) is 0 Å². The molecule has 0 spiro atoms. The van der Waals surface area contributed by atoms with E-state index in [1.165, 1.54) is 51.4 Å². The van der Waals surface area contributed by atoms with Gasteiger partial charge in [0.05, 0.1) is 6.61 Å². The van der Waals surface area contributed by atoms with E-state index >= 15 is 0 Å². The number of ether oxygens (including phenoxy) is 1. The van der Waals surface area contributed by atoms with Crippen molar-refractivity contribution in [2.45, 2.75) is 110 Å². The summed E-state index contributed by atoms with van der Waals surface area (Å²) in [4.78, 5) is 21.7. The summed E-state index contributed by atoms with van der Waals surface area (Å²) < 4.78 is 5.19. The predicted molar refractivity (Wildman–Crippen MR) is 98.1 cm³/mol. The van der Waals surface area contributed by atoms with Gasteiger partial charge in [-0.25, -0.2) is 0 Å². The van der Waals surface area contributed by atoms with Crippen LogP contribution in [0.1, 0.15) is 110 Å². The molecular formula is C20H38O4. The van der Waals surface area contributed by atoms with Gasteiger partial charge in [0.2, 0.25) is 0 Å². The van der Waals surface area contributed by atoms with Crippen LogP contribution in [0.3, 0.4) is 0 Å². The molecule has 1 N–H and O–H groups in total. The lowest BCUT2D eigenvalue weighted by Crippen LogP contribution is -2.05. The number of aliphatic carboxylic acids is 1. The highest BCUT2D eigenvalue weighted by atomic mass is 16.5. The number of carbonyl (C=O) groups is 2. The van der Waals surface area contributed by atoms with Crippen LogP contribution in [0.5, 0.6) is 0 Å². The van der Waals surface area contributed by atoms with Crippen LogP contribution >= 0.6 is 0 Å². The van der Waals surface area contributed by atoms with Crippen LogP contribution in [-0.2, 0) is 14.3 Å². The average molecular weight is 343 g/mol. The Morgan fingerprint density at radius 1 is 0.667 bits per heavy atom. The molecule has 0 bridgehead atoms. The Bertz CT molecular complexity index is 302. The van der Waals surface area contributed by atoms with E-state index < -0.39 is 5.97 Å². The molecule has 0 radical (unpaired) electrons. The van der Waals surface area contributed by atoms with Crippen LogP contribution in [0.25, 0.3) is 0 Å². The maximum atomic E-state index is 11.3. The summed E-state index contributed by atoms with van der Waals surface area (Å²) >= 11 is 0. The van der Waals surface area contributed by atoms with Crippen molar-refractivity contribution < 1.29 is 19.4 Å². The van der Waals surface area contributed by atoms with Gasteiger partial charge in [-0.2, -0.15) is 0 Å². The number of hydrogen-bond acceptors (Lipinski definition) is 3. The van der Waals surface area contributed by atoms with Gasteiger partial charge in [0.15, 0.2) is 0 Å². The highest BCUT2D eigenvalue weighted by Gasteiger charge is 2.01. The zero-order valence-corrected chi connectivity index (χ0v) is 15.7. The number of esters is 1. The molecule has 0 aliphatic rings. The monoisotopic (exact) mass is 342 g/mol. The lowest BCUT2D eigenvalue weighted by molar-refractivity contribution is -0.144. The summed E-state index contributed by atoms with van der Waals surface area (Å²) in [6, 6.07) is 0. The van der Waals surface area contributed by atoms with Gasteiger partial charge in [0.1, 0.15) is 0 Å². The van der Waals surface area contributed by atoms with Crippen molar-refractivity contribution in [2.75, 3.05) is 6.61 Å². The third kappa shape index (κ3) is 19.0.